The number of fused-ring (bicyclic) bond motifs is 1. The number of benzene rings is 1. The molecule has 1 aromatic carbocycles. The third-order valence-electron chi connectivity index (χ3n) is 6.06. The van der Waals surface area contributed by atoms with E-state index in [1.165, 1.54) is 6.92 Å². The number of para-hydroxylation sites is 1. The normalized spacial score (nSPS) is 15.2. The fourth-order valence-electron chi connectivity index (χ4n) is 3.88. The number of carboxylic acid groups (broad SMARTS) is 1. The number of aliphatic hydroxyl groups is 1. The number of aromatic amines is 1. The first kappa shape index (κ1) is 30.3. The van der Waals surface area contributed by atoms with Crippen LogP contribution in [0.2, 0.25) is 0 Å². The van der Waals surface area contributed by atoms with Crippen LogP contribution in [-0.2, 0) is 30.4 Å². The van der Waals surface area contributed by atoms with E-state index in [0.717, 1.165) is 16.5 Å². The fraction of sp³-hybridized carbons (Fsp3) is 0.480. The minimum Gasteiger partial charge on any atom is -0.480 e. The lowest BCUT2D eigenvalue weighted by Gasteiger charge is -2.28. The Hall–Kier alpha value is -3.97. The van der Waals surface area contributed by atoms with Crippen LogP contribution >= 0.6 is 0 Å². The average molecular weight is 533 g/mol. The number of primary amides is 1. The number of nitrogens with two attached hydrogens (primary N) is 2. The summed E-state index contributed by atoms with van der Waals surface area (Å²) < 4.78 is 0. The number of amides is 4. The van der Waals surface area contributed by atoms with Gasteiger partial charge in [-0.3, -0.25) is 19.2 Å². The Kier molecular flexibility index (Phi) is 10.8. The van der Waals surface area contributed by atoms with E-state index < -0.39 is 65.8 Å². The molecule has 208 valence electrons. The van der Waals surface area contributed by atoms with Gasteiger partial charge in [-0.25, -0.2) is 4.79 Å². The highest BCUT2D eigenvalue weighted by Crippen LogP contribution is 2.19. The summed E-state index contributed by atoms with van der Waals surface area (Å²) in [7, 11) is 0. The number of carboxylic acids is 1. The van der Waals surface area contributed by atoms with E-state index in [1.807, 2.05) is 24.3 Å². The zero-order valence-corrected chi connectivity index (χ0v) is 21.6. The van der Waals surface area contributed by atoms with Crippen LogP contribution in [0.4, 0.5) is 0 Å². The van der Waals surface area contributed by atoms with Gasteiger partial charge in [-0.15, -0.1) is 0 Å². The maximum absolute atomic E-state index is 13.0. The monoisotopic (exact) mass is 532 g/mol. The van der Waals surface area contributed by atoms with E-state index in [9.17, 15) is 34.2 Å². The molecule has 2 rings (SSSR count). The Balaban J connectivity index is 2.07. The van der Waals surface area contributed by atoms with Crippen LogP contribution in [0, 0.1) is 5.92 Å². The van der Waals surface area contributed by atoms with Gasteiger partial charge in [0.05, 0.1) is 12.1 Å². The van der Waals surface area contributed by atoms with Crippen LogP contribution in [0.25, 0.3) is 10.9 Å². The van der Waals surface area contributed by atoms with Crippen LogP contribution in [0.5, 0.6) is 0 Å². The highest BCUT2D eigenvalue weighted by Gasteiger charge is 2.33. The number of hydrogen-bond acceptors (Lipinski definition) is 7. The van der Waals surface area contributed by atoms with Crippen LogP contribution in [0.3, 0.4) is 0 Å². The Morgan fingerprint density at radius 3 is 2.13 bits per heavy atom. The Bertz CT molecular complexity index is 1160. The van der Waals surface area contributed by atoms with E-state index in [1.54, 1.807) is 20.0 Å². The Morgan fingerprint density at radius 1 is 0.947 bits per heavy atom. The number of hydrogen-bond donors (Lipinski definition) is 8. The van der Waals surface area contributed by atoms with Crippen molar-refractivity contribution in [2.45, 2.75) is 70.3 Å². The van der Waals surface area contributed by atoms with Crippen molar-refractivity contribution >= 4 is 40.5 Å². The maximum atomic E-state index is 13.0. The van der Waals surface area contributed by atoms with Crippen molar-refractivity contribution in [3.8, 4) is 0 Å². The number of nitrogens with one attached hydrogen (secondary N) is 4. The molecule has 10 N–H and O–H groups in total. The molecular formula is C25H36N6O7. The predicted octanol–water partition coefficient (Wildman–Crippen LogP) is -1.12. The summed E-state index contributed by atoms with van der Waals surface area (Å²) >= 11 is 0. The molecule has 38 heavy (non-hydrogen) atoms. The van der Waals surface area contributed by atoms with Crippen molar-refractivity contribution in [2.24, 2.45) is 17.4 Å². The molecule has 13 heteroatoms. The fourth-order valence-corrected chi connectivity index (χ4v) is 3.88. The number of rotatable bonds is 14. The highest BCUT2D eigenvalue weighted by atomic mass is 16.4. The summed E-state index contributed by atoms with van der Waals surface area (Å²) in [5.41, 5.74) is 12.8. The minimum atomic E-state index is -1.43. The van der Waals surface area contributed by atoms with Crippen LogP contribution in [0.1, 0.15) is 39.2 Å². The summed E-state index contributed by atoms with van der Waals surface area (Å²) in [6.45, 7) is 4.54. The molecule has 13 nitrogen and oxygen atoms in total. The van der Waals surface area contributed by atoms with Crippen molar-refractivity contribution in [3.05, 3.63) is 36.0 Å². The van der Waals surface area contributed by atoms with Gasteiger partial charge in [-0.1, -0.05) is 32.0 Å². The molecule has 0 aliphatic carbocycles. The number of carbonyl (C=O) groups excluding carboxylic acids is 4. The summed E-state index contributed by atoms with van der Waals surface area (Å²) in [5, 5.41) is 27.6. The molecule has 5 atom stereocenters. The topological polar surface area (TPSA) is 230 Å². The van der Waals surface area contributed by atoms with Gasteiger partial charge in [0.15, 0.2) is 0 Å². The first-order valence-corrected chi connectivity index (χ1v) is 12.2. The standard InChI is InChI=1S/C25H36N6O7/c1-12(2)20(23(35)29-18(25(37)38)8-9-19(27)33)30-24(36)21(13(3)32)31-22(34)16(26)10-14-11-28-17-7-5-4-6-15(14)17/h4-7,11-13,16,18,20-21,28,32H,8-10,26H2,1-3H3,(H2,27,33)(H,29,35)(H,30,36)(H,31,34)(H,37,38). The van der Waals surface area contributed by atoms with E-state index in [-0.39, 0.29) is 19.3 Å². The largest absolute Gasteiger partial charge is 0.480 e. The molecule has 0 saturated heterocycles. The number of H-pyrrole nitrogens is 1. The van der Waals surface area contributed by atoms with Gasteiger partial charge in [-0.2, -0.15) is 0 Å². The molecule has 0 radical (unpaired) electrons. The van der Waals surface area contributed by atoms with Crippen molar-refractivity contribution in [1.29, 1.82) is 0 Å². The van der Waals surface area contributed by atoms with Crippen LogP contribution < -0.4 is 27.4 Å². The van der Waals surface area contributed by atoms with Gasteiger partial charge in [0.25, 0.3) is 0 Å². The van der Waals surface area contributed by atoms with Gasteiger partial charge in [0, 0.05) is 23.5 Å². The summed E-state index contributed by atoms with van der Waals surface area (Å²) in [6, 6.07) is 2.43. The molecule has 0 fully saturated rings. The van der Waals surface area contributed by atoms with Gasteiger partial charge in [0.2, 0.25) is 23.6 Å². The summed E-state index contributed by atoms with van der Waals surface area (Å²) in [6.07, 6.45) is 0.0948. The second-order valence-corrected chi connectivity index (χ2v) is 9.53. The molecule has 0 aliphatic heterocycles. The molecule has 0 bridgehead atoms. The van der Waals surface area contributed by atoms with Gasteiger partial charge < -0.3 is 42.6 Å². The number of carbonyl (C=O) groups is 5. The van der Waals surface area contributed by atoms with Crippen molar-refractivity contribution in [2.75, 3.05) is 0 Å². The summed E-state index contributed by atoms with van der Waals surface area (Å²) in [4.78, 5) is 64.2. The second kappa shape index (κ2) is 13.5. The lowest BCUT2D eigenvalue weighted by atomic mass is 10.0. The molecule has 1 heterocycles. The third kappa shape index (κ3) is 8.28. The lowest BCUT2D eigenvalue weighted by molar-refractivity contribution is -0.143. The predicted molar refractivity (Wildman–Crippen MR) is 138 cm³/mol. The Labute approximate surface area is 219 Å². The first-order valence-electron chi connectivity index (χ1n) is 12.2. The minimum absolute atomic E-state index is 0.170. The van der Waals surface area contributed by atoms with Crippen molar-refractivity contribution < 1.29 is 34.2 Å². The number of aliphatic carboxylic acids is 1. The zero-order chi connectivity index (χ0) is 28.6. The van der Waals surface area contributed by atoms with Crippen LogP contribution in [-0.4, -0.2) is 75.1 Å². The highest BCUT2D eigenvalue weighted by molar-refractivity contribution is 5.95. The molecule has 4 amide bonds. The summed E-state index contributed by atoms with van der Waals surface area (Å²) in [5.74, 6) is -4.93. The maximum Gasteiger partial charge on any atom is 0.326 e. The van der Waals surface area contributed by atoms with E-state index >= 15 is 0 Å². The average Bonchev–Trinajstić information content (AvgIpc) is 3.24. The molecule has 1 aromatic heterocycles. The molecular weight excluding hydrogens is 496 g/mol. The first-order chi connectivity index (χ1) is 17.8. The van der Waals surface area contributed by atoms with E-state index in [4.69, 9.17) is 11.5 Å². The van der Waals surface area contributed by atoms with Gasteiger partial charge in [-0.05, 0) is 37.3 Å². The smallest absolute Gasteiger partial charge is 0.326 e. The quantitative estimate of drug-likeness (QED) is 0.148. The van der Waals surface area contributed by atoms with Crippen molar-refractivity contribution in [1.82, 2.24) is 20.9 Å². The van der Waals surface area contributed by atoms with Gasteiger partial charge in [0.1, 0.15) is 18.1 Å². The zero-order valence-electron chi connectivity index (χ0n) is 21.6. The van der Waals surface area contributed by atoms with Crippen molar-refractivity contribution in [3.63, 3.8) is 0 Å². The second-order valence-electron chi connectivity index (χ2n) is 9.53. The van der Waals surface area contributed by atoms with E-state index in [0.29, 0.717) is 0 Å². The SMILES string of the molecule is CC(C)C(NC(=O)C(NC(=O)C(N)Cc1c[nH]c2ccccc12)C(C)O)C(=O)NC(CCC(N)=O)C(=O)O. The lowest BCUT2D eigenvalue weighted by Crippen LogP contribution is -2.60. The van der Waals surface area contributed by atoms with Crippen LogP contribution in [0.15, 0.2) is 30.5 Å². The molecule has 0 spiro atoms. The molecule has 0 aliphatic rings. The van der Waals surface area contributed by atoms with Gasteiger partial charge >= 0.3 is 5.97 Å². The molecule has 2 aromatic rings. The molecule has 0 saturated carbocycles. The Morgan fingerprint density at radius 2 is 1.55 bits per heavy atom. The third-order valence-corrected chi connectivity index (χ3v) is 6.06. The number of aliphatic hydroxyl groups excluding tert-OH is 1. The van der Waals surface area contributed by atoms with E-state index in [2.05, 4.69) is 20.9 Å². The molecule has 5 unspecified atom stereocenters. The number of aromatic nitrogens is 1.